The van der Waals surface area contributed by atoms with Gasteiger partial charge in [-0.3, -0.25) is 9.88 Å². The van der Waals surface area contributed by atoms with Crippen LogP contribution in [0.4, 0.5) is 0 Å². The van der Waals surface area contributed by atoms with Gasteiger partial charge >= 0.3 is 5.97 Å². The number of carboxylic acids is 1. The van der Waals surface area contributed by atoms with Crippen molar-refractivity contribution in [3.63, 3.8) is 0 Å². The van der Waals surface area contributed by atoms with Gasteiger partial charge in [0.1, 0.15) is 0 Å². The quantitative estimate of drug-likeness (QED) is 0.227. The molecule has 33 heavy (non-hydrogen) atoms. The Kier molecular flexibility index (Phi) is 14.0. The van der Waals surface area contributed by atoms with Crippen molar-refractivity contribution in [2.24, 2.45) is 29.6 Å². The second kappa shape index (κ2) is 15.5. The van der Waals surface area contributed by atoms with Gasteiger partial charge in [-0.25, -0.2) is 0 Å². The van der Waals surface area contributed by atoms with E-state index in [1.807, 2.05) is 19.9 Å². The van der Waals surface area contributed by atoms with Gasteiger partial charge in [-0.1, -0.05) is 50.1 Å². The highest BCUT2D eigenvalue weighted by atomic mass is 31.0. The molecule has 0 saturated carbocycles. The summed E-state index contributed by atoms with van der Waals surface area (Å²) in [5.74, 6) is 1.80. The molecule has 1 aromatic rings. The summed E-state index contributed by atoms with van der Waals surface area (Å²) in [6, 6.07) is 6.41. The molecule has 0 aliphatic heterocycles. The molecule has 0 saturated heterocycles. The number of ether oxygens (including phenoxy) is 3. The number of hydrogen-bond donors (Lipinski definition) is 2. The maximum atomic E-state index is 11.7. The summed E-state index contributed by atoms with van der Waals surface area (Å²) < 4.78 is 16.6. The van der Waals surface area contributed by atoms with E-state index in [4.69, 9.17) is 14.2 Å². The first-order chi connectivity index (χ1) is 15.6. The number of nitrogens with one attached hydrogen (secondary N) is 1. The minimum Gasteiger partial charge on any atom is -0.493 e. The van der Waals surface area contributed by atoms with Gasteiger partial charge in [-0.2, -0.15) is 0 Å². The number of benzene rings is 1. The lowest BCUT2D eigenvalue weighted by molar-refractivity contribution is -0.144. The van der Waals surface area contributed by atoms with Gasteiger partial charge in [0.25, 0.3) is 0 Å². The number of aliphatic carboxylic acids is 1. The average Bonchev–Trinajstić information content (AvgIpc) is 2.77. The molecule has 0 aliphatic carbocycles. The first-order valence-electron chi connectivity index (χ1n) is 12.1. The molecule has 0 fully saturated rings. The number of carbonyl (C=O) groups is 1. The Morgan fingerprint density at radius 2 is 1.73 bits per heavy atom. The van der Waals surface area contributed by atoms with E-state index in [1.54, 1.807) is 14.2 Å². The van der Waals surface area contributed by atoms with Crippen LogP contribution in [0.1, 0.15) is 59.4 Å². The molecule has 0 heterocycles. The Hall–Kier alpha value is -1.36. The van der Waals surface area contributed by atoms with Crippen LogP contribution in [0.15, 0.2) is 18.2 Å². The summed E-state index contributed by atoms with van der Waals surface area (Å²) in [5.41, 5.74) is 1.22. The molecule has 0 aromatic heterocycles. The van der Waals surface area contributed by atoms with Gasteiger partial charge in [-0.15, -0.1) is 0 Å². The van der Waals surface area contributed by atoms with Crippen LogP contribution in [-0.4, -0.2) is 44.6 Å². The molecule has 5 unspecified atom stereocenters. The number of hydrogen-bond acceptors (Lipinski definition) is 5. The molecular formula is C26H46NO5P. The Morgan fingerprint density at radius 3 is 2.24 bits per heavy atom. The standard InChI is InChI=1S/C26H46NO5P/c1-17(2)21(16-23(27-33)19(5)13-22(18(3)4)26(28)29)14-20-9-10-24(31-7)25(15-20)32-12-8-11-30-6/h9-10,15,17-19,21-23,27H,8,11-14,16,33H2,1-7H3,(H,28,29). The van der Waals surface area contributed by atoms with Crippen LogP contribution in [0.5, 0.6) is 11.5 Å². The molecule has 5 atom stereocenters. The van der Waals surface area contributed by atoms with Gasteiger partial charge in [0.15, 0.2) is 11.5 Å². The second-order valence-corrected chi connectivity index (χ2v) is 10.1. The van der Waals surface area contributed by atoms with Crippen LogP contribution < -0.4 is 14.6 Å². The summed E-state index contributed by atoms with van der Waals surface area (Å²) in [5, 5.41) is 13.0. The zero-order valence-electron chi connectivity index (χ0n) is 21.6. The molecule has 2 N–H and O–H groups in total. The van der Waals surface area contributed by atoms with E-state index in [9.17, 15) is 9.90 Å². The van der Waals surface area contributed by atoms with E-state index in [2.05, 4.69) is 47.4 Å². The fraction of sp³-hybridized carbons (Fsp3) is 0.731. The molecule has 6 nitrogen and oxygen atoms in total. The van der Waals surface area contributed by atoms with Gasteiger partial charge in [0.05, 0.1) is 19.6 Å². The predicted molar refractivity (Wildman–Crippen MR) is 138 cm³/mol. The van der Waals surface area contributed by atoms with Crippen LogP contribution in [0.2, 0.25) is 0 Å². The largest absolute Gasteiger partial charge is 0.493 e. The maximum Gasteiger partial charge on any atom is 0.306 e. The van der Waals surface area contributed by atoms with Crippen LogP contribution in [-0.2, 0) is 16.0 Å². The normalized spacial score (nSPS) is 15.3. The third kappa shape index (κ3) is 10.2. The third-order valence-electron chi connectivity index (χ3n) is 6.62. The number of methoxy groups -OCH3 is 2. The summed E-state index contributed by atoms with van der Waals surface area (Å²) >= 11 is 0. The van der Waals surface area contributed by atoms with Crippen molar-refractivity contribution in [1.29, 1.82) is 0 Å². The molecule has 0 bridgehead atoms. The topological polar surface area (TPSA) is 77.0 Å². The first kappa shape index (κ1) is 29.7. The average molecular weight is 484 g/mol. The highest BCUT2D eigenvalue weighted by Gasteiger charge is 2.29. The van der Waals surface area contributed by atoms with Gasteiger partial charge < -0.3 is 19.3 Å². The molecule has 0 radical (unpaired) electrons. The first-order valence-corrected chi connectivity index (χ1v) is 12.7. The van der Waals surface area contributed by atoms with Crippen molar-refractivity contribution in [3.05, 3.63) is 23.8 Å². The maximum absolute atomic E-state index is 11.7. The second-order valence-electron chi connectivity index (χ2n) is 9.80. The van der Waals surface area contributed by atoms with E-state index < -0.39 is 5.97 Å². The Bertz CT molecular complexity index is 697. The highest BCUT2D eigenvalue weighted by molar-refractivity contribution is 7.13. The summed E-state index contributed by atoms with van der Waals surface area (Å²) in [4.78, 5) is 11.7. The zero-order valence-corrected chi connectivity index (χ0v) is 22.8. The minimum absolute atomic E-state index is 0.123. The lowest BCUT2D eigenvalue weighted by atomic mass is 9.78. The van der Waals surface area contributed by atoms with Crippen molar-refractivity contribution >= 4 is 15.4 Å². The van der Waals surface area contributed by atoms with Gasteiger partial charge in [0, 0.05) is 26.2 Å². The van der Waals surface area contributed by atoms with Crippen LogP contribution >= 0.6 is 9.39 Å². The van der Waals surface area contributed by atoms with Gasteiger partial charge in [0.2, 0.25) is 0 Å². The van der Waals surface area contributed by atoms with Gasteiger partial charge in [-0.05, 0) is 60.6 Å². The molecule has 0 aliphatic rings. The smallest absolute Gasteiger partial charge is 0.306 e. The highest BCUT2D eigenvalue weighted by Crippen LogP contribution is 2.33. The van der Waals surface area contributed by atoms with E-state index >= 15 is 0 Å². The molecular weight excluding hydrogens is 437 g/mol. The molecule has 190 valence electrons. The number of rotatable bonds is 17. The van der Waals surface area contributed by atoms with Crippen molar-refractivity contribution in [3.8, 4) is 11.5 Å². The zero-order chi connectivity index (χ0) is 25.0. The lowest BCUT2D eigenvalue weighted by Gasteiger charge is -2.32. The van der Waals surface area contributed by atoms with E-state index in [1.165, 1.54) is 5.56 Å². The van der Waals surface area contributed by atoms with Crippen molar-refractivity contribution in [2.75, 3.05) is 27.4 Å². The van der Waals surface area contributed by atoms with Crippen molar-refractivity contribution < 1.29 is 24.1 Å². The van der Waals surface area contributed by atoms with Crippen LogP contribution in [0, 0.1) is 29.6 Å². The van der Waals surface area contributed by atoms with E-state index in [0.29, 0.717) is 31.5 Å². The van der Waals surface area contributed by atoms with E-state index in [-0.39, 0.29) is 23.8 Å². The van der Waals surface area contributed by atoms with Crippen molar-refractivity contribution in [1.82, 2.24) is 5.09 Å². The summed E-state index contributed by atoms with van der Waals surface area (Å²) in [7, 11) is 6.00. The fourth-order valence-electron chi connectivity index (χ4n) is 4.25. The predicted octanol–water partition coefficient (Wildman–Crippen LogP) is 5.45. The number of carboxylic acid groups (broad SMARTS) is 1. The molecule has 7 heteroatoms. The third-order valence-corrected chi connectivity index (χ3v) is 7.05. The molecule has 1 rings (SSSR count). The molecule has 0 amide bonds. The monoisotopic (exact) mass is 483 g/mol. The molecule has 0 spiro atoms. The lowest BCUT2D eigenvalue weighted by Crippen LogP contribution is -2.35. The summed E-state index contributed by atoms with van der Waals surface area (Å²) in [6.45, 7) is 11.9. The summed E-state index contributed by atoms with van der Waals surface area (Å²) in [6.07, 6.45) is 3.40. The van der Waals surface area contributed by atoms with Crippen LogP contribution in [0.3, 0.4) is 0 Å². The SMILES string of the molecule is COCCCOc1cc(CC(CC(NP)C(C)CC(C(=O)O)C(C)C)C(C)C)ccc1OC. The van der Waals surface area contributed by atoms with Crippen molar-refractivity contribution in [2.45, 2.75) is 66.3 Å². The molecule has 1 aromatic carbocycles. The van der Waals surface area contributed by atoms with E-state index in [0.717, 1.165) is 30.8 Å². The van der Waals surface area contributed by atoms with Crippen LogP contribution in [0.25, 0.3) is 0 Å². The minimum atomic E-state index is -0.698. The fourth-order valence-corrected chi connectivity index (χ4v) is 4.72. The Balaban J connectivity index is 2.92. The Labute approximate surface area is 203 Å². The Morgan fingerprint density at radius 1 is 1.03 bits per heavy atom.